The summed E-state index contributed by atoms with van der Waals surface area (Å²) in [6.45, 7) is 2.82. The lowest BCUT2D eigenvalue weighted by Gasteiger charge is -2.37. The van der Waals surface area contributed by atoms with Crippen LogP contribution in [0, 0.1) is 5.41 Å². The summed E-state index contributed by atoms with van der Waals surface area (Å²) in [5, 5.41) is 9.26. The largest absolute Gasteiger partial charge is 0.481 e. The van der Waals surface area contributed by atoms with Gasteiger partial charge in [-0.1, -0.05) is 6.07 Å². The van der Waals surface area contributed by atoms with Crippen LogP contribution in [0.5, 0.6) is 0 Å². The van der Waals surface area contributed by atoms with E-state index >= 15 is 0 Å². The first kappa shape index (κ1) is 15.3. The van der Waals surface area contributed by atoms with Crippen LogP contribution in [-0.2, 0) is 16.1 Å². The number of carbonyl (C=O) groups excluding carboxylic acids is 1. The summed E-state index contributed by atoms with van der Waals surface area (Å²) in [4.78, 5) is 36.7. The molecule has 0 aliphatic carbocycles. The molecule has 0 radical (unpaired) electrons. The molecule has 2 heterocycles. The minimum atomic E-state index is -0.864. The molecule has 1 unspecified atom stereocenters. The molecule has 1 amide bonds. The zero-order valence-electron chi connectivity index (χ0n) is 12.1. The highest BCUT2D eigenvalue weighted by Crippen LogP contribution is 2.29. The predicted octanol–water partition coefficient (Wildman–Crippen LogP) is 0.952. The number of amides is 1. The van der Waals surface area contributed by atoms with Crippen molar-refractivity contribution in [2.45, 2.75) is 32.7 Å². The van der Waals surface area contributed by atoms with Gasteiger partial charge < -0.3 is 14.6 Å². The molecule has 1 saturated heterocycles. The number of aromatic nitrogens is 1. The van der Waals surface area contributed by atoms with Crippen LogP contribution in [0.3, 0.4) is 0 Å². The Balaban J connectivity index is 1.96. The van der Waals surface area contributed by atoms with Crippen LogP contribution in [0.25, 0.3) is 0 Å². The lowest BCUT2D eigenvalue weighted by atomic mass is 9.82. The molecule has 0 spiro atoms. The van der Waals surface area contributed by atoms with Gasteiger partial charge in [0.05, 0.1) is 5.41 Å². The molecule has 1 aliphatic heterocycles. The van der Waals surface area contributed by atoms with E-state index in [1.807, 2.05) is 0 Å². The molecule has 114 valence electrons. The molecule has 1 aromatic rings. The van der Waals surface area contributed by atoms with Gasteiger partial charge in [-0.05, 0) is 25.8 Å². The van der Waals surface area contributed by atoms with E-state index in [1.165, 1.54) is 10.6 Å². The van der Waals surface area contributed by atoms with Gasteiger partial charge in [0.1, 0.15) is 0 Å². The van der Waals surface area contributed by atoms with Crippen molar-refractivity contribution in [3.63, 3.8) is 0 Å². The maximum Gasteiger partial charge on any atom is 0.311 e. The predicted molar refractivity (Wildman–Crippen MR) is 76.9 cm³/mol. The quantitative estimate of drug-likeness (QED) is 0.896. The van der Waals surface area contributed by atoms with Crippen LogP contribution in [0.1, 0.15) is 26.2 Å². The standard InChI is InChI=1S/C15H20N2O4/c1-15(14(20)21)7-4-9-17(11-15)13(19)6-10-16-8-3-2-5-12(16)18/h2-3,5,8H,4,6-7,9-11H2,1H3,(H,20,21). The van der Waals surface area contributed by atoms with E-state index < -0.39 is 11.4 Å². The van der Waals surface area contributed by atoms with E-state index in [2.05, 4.69) is 0 Å². The normalized spacial score (nSPS) is 22.0. The average Bonchev–Trinajstić information content (AvgIpc) is 2.46. The molecule has 2 rings (SSSR count). The van der Waals surface area contributed by atoms with Crippen molar-refractivity contribution in [3.8, 4) is 0 Å². The van der Waals surface area contributed by atoms with Crippen LogP contribution >= 0.6 is 0 Å². The monoisotopic (exact) mass is 292 g/mol. The second-order valence-corrected chi connectivity index (χ2v) is 5.77. The highest BCUT2D eigenvalue weighted by atomic mass is 16.4. The lowest BCUT2D eigenvalue weighted by Crippen LogP contribution is -2.48. The van der Waals surface area contributed by atoms with Crippen molar-refractivity contribution in [1.82, 2.24) is 9.47 Å². The summed E-state index contributed by atoms with van der Waals surface area (Å²) in [7, 11) is 0. The number of carboxylic acids is 1. The van der Waals surface area contributed by atoms with Crippen molar-refractivity contribution in [3.05, 3.63) is 34.7 Å². The number of pyridine rings is 1. The Morgan fingerprint density at radius 1 is 1.38 bits per heavy atom. The van der Waals surface area contributed by atoms with Crippen LogP contribution in [-0.4, -0.2) is 39.5 Å². The molecule has 21 heavy (non-hydrogen) atoms. The highest BCUT2D eigenvalue weighted by Gasteiger charge is 2.39. The second kappa shape index (κ2) is 6.11. The number of nitrogens with zero attached hydrogens (tertiary/aromatic N) is 2. The average molecular weight is 292 g/mol. The fourth-order valence-electron chi connectivity index (χ4n) is 2.65. The van der Waals surface area contributed by atoms with E-state index in [1.54, 1.807) is 30.2 Å². The van der Waals surface area contributed by atoms with Gasteiger partial charge in [0.2, 0.25) is 5.91 Å². The Labute approximate surface area is 123 Å². The van der Waals surface area contributed by atoms with E-state index in [0.29, 0.717) is 25.9 Å². The molecule has 1 aliphatic rings. The third kappa shape index (κ3) is 3.51. The van der Waals surface area contributed by atoms with E-state index in [0.717, 1.165) is 0 Å². The van der Waals surface area contributed by atoms with Crippen LogP contribution < -0.4 is 5.56 Å². The second-order valence-electron chi connectivity index (χ2n) is 5.77. The first-order valence-electron chi connectivity index (χ1n) is 7.09. The van der Waals surface area contributed by atoms with Crippen molar-refractivity contribution < 1.29 is 14.7 Å². The zero-order valence-corrected chi connectivity index (χ0v) is 12.1. The van der Waals surface area contributed by atoms with Gasteiger partial charge in [-0.15, -0.1) is 0 Å². The summed E-state index contributed by atoms with van der Waals surface area (Å²) in [5.41, 5.74) is -1.00. The minimum Gasteiger partial charge on any atom is -0.481 e. The number of aryl methyl sites for hydroxylation is 1. The van der Waals surface area contributed by atoms with Crippen molar-refractivity contribution in [2.24, 2.45) is 5.41 Å². The Hall–Kier alpha value is -2.11. The van der Waals surface area contributed by atoms with Crippen LogP contribution in [0.4, 0.5) is 0 Å². The van der Waals surface area contributed by atoms with Gasteiger partial charge in [0, 0.05) is 38.3 Å². The van der Waals surface area contributed by atoms with Gasteiger partial charge in [0.25, 0.3) is 5.56 Å². The van der Waals surface area contributed by atoms with Crippen molar-refractivity contribution >= 4 is 11.9 Å². The summed E-state index contributed by atoms with van der Waals surface area (Å²) in [5.74, 6) is -0.961. The van der Waals surface area contributed by atoms with Crippen molar-refractivity contribution in [1.29, 1.82) is 0 Å². The molecule has 6 nitrogen and oxygen atoms in total. The van der Waals surface area contributed by atoms with Gasteiger partial charge in [-0.2, -0.15) is 0 Å². The summed E-state index contributed by atoms with van der Waals surface area (Å²) >= 11 is 0. The van der Waals surface area contributed by atoms with Crippen LogP contribution in [0.2, 0.25) is 0 Å². The third-order valence-electron chi connectivity index (χ3n) is 4.03. The zero-order chi connectivity index (χ0) is 15.5. The molecule has 1 fully saturated rings. The molecular weight excluding hydrogens is 272 g/mol. The Morgan fingerprint density at radius 2 is 2.14 bits per heavy atom. The van der Waals surface area contributed by atoms with E-state index in [9.17, 15) is 19.5 Å². The molecule has 0 bridgehead atoms. The minimum absolute atomic E-state index is 0.0991. The number of rotatable bonds is 4. The first-order valence-corrected chi connectivity index (χ1v) is 7.09. The molecular formula is C15H20N2O4. The van der Waals surface area contributed by atoms with Gasteiger partial charge in [-0.25, -0.2) is 0 Å². The fraction of sp³-hybridized carbons (Fsp3) is 0.533. The number of hydrogen-bond acceptors (Lipinski definition) is 3. The number of carbonyl (C=O) groups is 2. The van der Waals surface area contributed by atoms with E-state index in [-0.39, 0.29) is 24.4 Å². The van der Waals surface area contributed by atoms with Crippen molar-refractivity contribution in [2.75, 3.05) is 13.1 Å². The van der Waals surface area contributed by atoms with E-state index in [4.69, 9.17) is 0 Å². The van der Waals surface area contributed by atoms with Gasteiger partial charge in [0.15, 0.2) is 0 Å². The van der Waals surface area contributed by atoms with Gasteiger partial charge in [-0.3, -0.25) is 14.4 Å². The Kier molecular flexibility index (Phi) is 4.45. The molecule has 1 atom stereocenters. The number of aliphatic carboxylic acids is 1. The third-order valence-corrected chi connectivity index (χ3v) is 4.03. The highest BCUT2D eigenvalue weighted by molar-refractivity contribution is 5.79. The number of hydrogen-bond donors (Lipinski definition) is 1. The Morgan fingerprint density at radius 3 is 2.81 bits per heavy atom. The summed E-state index contributed by atoms with van der Waals surface area (Å²) in [6.07, 6.45) is 3.14. The molecule has 6 heteroatoms. The molecule has 0 saturated carbocycles. The summed E-state index contributed by atoms with van der Waals surface area (Å²) < 4.78 is 1.48. The first-order chi connectivity index (χ1) is 9.92. The number of piperidine rings is 1. The fourth-order valence-corrected chi connectivity index (χ4v) is 2.65. The lowest BCUT2D eigenvalue weighted by molar-refractivity contribution is -0.153. The van der Waals surface area contributed by atoms with Crippen LogP contribution in [0.15, 0.2) is 29.2 Å². The molecule has 0 aromatic carbocycles. The topological polar surface area (TPSA) is 79.6 Å². The smallest absolute Gasteiger partial charge is 0.311 e. The molecule has 1 N–H and O–H groups in total. The number of likely N-dealkylation sites (tertiary alicyclic amines) is 1. The molecule has 1 aromatic heterocycles. The van der Waals surface area contributed by atoms with Gasteiger partial charge >= 0.3 is 5.97 Å². The maximum absolute atomic E-state index is 12.2. The maximum atomic E-state index is 12.2. The SMILES string of the molecule is CC1(C(=O)O)CCCN(C(=O)CCn2ccccc2=O)C1. The summed E-state index contributed by atoms with van der Waals surface area (Å²) in [6, 6.07) is 4.85. The Bertz CT molecular complexity index is 595. The number of carboxylic acid groups (broad SMARTS) is 1.